The lowest BCUT2D eigenvalue weighted by atomic mass is 10.1. The third-order valence-electron chi connectivity index (χ3n) is 3.43. The Hall–Kier alpha value is -2.07. The number of carbonyl (C=O) groups is 1. The van der Waals surface area contributed by atoms with Gasteiger partial charge in [0, 0.05) is 18.3 Å². The first-order valence-electron chi connectivity index (χ1n) is 6.56. The zero-order chi connectivity index (χ0) is 15.4. The molecule has 2 rings (SSSR count). The third-order valence-corrected chi connectivity index (χ3v) is 3.66. The number of rotatable bonds is 4. The molecule has 0 aliphatic heterocycles. The van der Waals surface area contributed by atoms with Crippen LogP contribution in [0.4, 0.5) is 0 Å². The van der Waals surface area contributed by atoms with Gasteiger partial charge >= 0.3 is 0 Å². The van der Waals surface area contributed by atoms with Gasteiger partial charge in [-0.15, -0.1) is 0 Å². The maximum atomic E-state index is 12.6. The summed E-state index contributed by atoms with van der Waals surface area (Å²) in [5, 5.41) is 0.652. The van der Waals surface area contributed by atoms with Gasteiger partial charge in [-0.1, -0.05) is 23.7 Å². The normalized spacial score (nSPS) is 11.8. The van der Waals surface area contributed by atoms with Gasteiger partial charge in [-0.25, -0.2) is 4.98 Å². The summed E-state index contributed by atoms with van der Waals surface area (Å²) in [4.78, 5) is 18.3. The van der Waals surface area contributed by atoms with Crippen LogP contribution in [0.25, 0.3) is 0 Å². The van der Waals surface area contributed by atoms with Crippen LogP contribution in [0.5, 0.6) is 5.88 Å². The average molecular weight is 305 g/mol. The molecular formula is C16H17ClN2O2. The molecule has 0 fully saturated rings. The molecule has 0 bridgehead atoms. The number of nitrogens with zero attached hydrogens (tertiary/aromatic N) is 2. The van der Waals surface area contributed by atoms with Gasteiger partial charge in [0.2, 0.25) is 5.88 Å². The van der Waals surface area contributed by atoms with Gasteiger partial charge in [0.15, 0.2) is 0 Å². The second-order valence-electron chi connectivity index (χ2n) is 4.71. The molecule has 0 N–H and O–H groups in total. The van der Waals surface area contributed by atoms with Crippen molar-refractivity contribution in [2.24, 2.45) is 0 Å². The summed E-state index contributed by atoms with van der Waals surface area (Å²) in [6.07, 6.45) is 1.59. The molecule has 21 heavy (non-hydrogen) atoms. The fourth-order valence-corrected chi connectivity index (χ4v) is 2.27. The Bertz CT molecular complexity index is 646. The van der Waals surface area contributed by atoms with Crippen molar-refractivity contribution in [2.45, 2.75) is 13.0 Å². The van der Waals surface area contributed by atoms with Gasteiger partial charge in [-0.05, 0) is 36.8 Å². The first-order valence-corrected chi connectivity index (χ1v) is 6.94. The van der Waals surface area contributed by atoms with Crippen molar-refractivity contribution in [3.05, 3.63) is 58.7 Å². The largest absolute Gasteiger partial charge is 0.480 e. The van der Waals surface area contributed by atoms with Crippen LogP contribution in [0.15, 0.2) is 42.6 Å². The molecule has 1 aromatic carbocycles. The molecule has 0 radical (unpaired) electrons. The zero-order valence-corrected chi connectivity index (χ0v) is 13.0. The van der Waals surface area contributed by atoms with Gasteiger partial charge in [0.25, 0.3) is 5.91 Å². The number of methoxy groups -OCH3 is 1. The van der Waals surface area contributed by atoms with Crippen LogP contribution in [-0.4, -0.2) is 29.9 Å². The van der Waals surface area contributed by atoms with Crippen molar-refractivity contribution >= 4 is 17.5 Å². The molecule has 1 amide bonds. The number of carbonyl (C=O) groups excluding carboxylic acids is 1. The minimum absolute atomic E-state index is 0.110. The van der Waals surface area contributed by atoms with E-state index in [1.165, 1.54) is 7.11 Å². The molecule has 5 heteroatoms. The Morgan fingerprint density at radius 2 is 2.10 bits per heavy atom. The lowest BCUT2D eigenvalue weighted by Crippen LogP contribution is -2.30. The smallest absolute Gasteiger partial charge is 0.259 e. The molecular weight excluding hydrogens is 288 g/mol. The fraction of sp³-hybridized carbons (Fsp3) is 0.250. The predicted molar refractivity (Wildman–Crippen MR) is 82.7 cm³/mol. The van der Waals surface area contributed by atoms with Crippen molar-refractivity contribution in [1.29, 1.82) is 0 Å². The molecule has 4 nitrogen and oxygen atoms in total. The summed E-state index contributed by atoms with van der Waals surface area (Å²) in [6.45, 7) is 1.95. The highest BCUT2D eigenvalue weighted by Gasteiger charge is 2.22. The molecule has 1 atom stereocenters. The van der Waals surface area contributed by atoms with Crippen molar-refractivity contribution < 1.29 is 9.53 Å². The van der Waals surface area contributed by atoms with Gasteiger partial charge in [0.05, 0.1) is 13.2 Å². The van der Waals surface area contributed by atoms with Crippen LogP contribution in [0.1, 0.15) is 28.9 Å². The van der Waals surface area contributed by atoms with E-state index < -0.39 is 0 Å². The van der Waals surface area contributed by atoms with Crippen LogP contribution in [-0.2, 0) is 0 Å². The molecule has 0 aliphatic rings. The highest BCUT2D eigenvalue weighted by molar-refractivity contribution is 6.30. The van der Waals surface area contributed by atoms with E-state index in [0.717, 1.165) is 5.56 Å². The zero-order valence-electron chi connectivity index (χ0n) is 12.2. The average Bonchev–Trinajstić information content (AvgIpc) is 2.52. The molecule has 0 saturated carbocycles. The van der Waals surface area contributed by atoms with Crippen LogP contribution < -0.4 is 4.74 Å². The quantitative estimate of drug-likeness (QED) is 0.867. The Kier molecular flexibility index (Phi) is 4.81. The number of pyridine rings is 1. The Labute approximate surface area is 129 Å². The maximum Gasteiger partial charge on any atom is 0.259 e. The van der Waals surface area contributed by atoms with E-state index in [2.05, 4.69) is 4.98 Å². The maximum absolute atomic E-state index is 12.6. The summed E-state index contributed by atoms with van der Waals surface area (Å²) in [7, 11) is 3.25. The van der Waals surface area contributed by atoms with Crippen LogP contribution in [0.2, 0.25) is 5.02 Å². The fourth-order valence-electron chi connectivity index (χ4n) is 2.07. The summed E-state index contributed by atoms with van der Waals surface area (Å²) < 4.78 is 5.14. The van der Waals surface area contributed by atoms with E-state index in [0.29, 0.717) is 16.5 Å². The number of amides is 1. The van der Waals surface area contributed by atoms with Crippen LogP contribution in [0.3, 0.4) is 0 Å². The molecule has 2 aromatic rings. The third kappa shape index (κ3) is 3.34. The van der Waals surface area contributed by atoms with E-state index >= 15 is 0 Å². The van der Waals surface area contributed by atoms with Crippen LogP contribution >= 0.6 is 11.6 Å². The summed E-state index contributed by atoms with van der Waals surface area (Å²) >= 11 is 6.00. The summed E-state index contributed by atoms with van der Waals surface area (Å²) in [5.41, 5.74) is 1.41. The van der Waals surface area contributed by atoms with E-state index in [1.54, 1.807) is 30.3 Å². The van der Waals surface area contributed by atoms with Gasteiger partial charge in [0.1, 0.15) is 5.56 Å². The second kappa shape index (κ2) is 6.59. The predicted octanol–water partition coefficient (Wildman–Crippen LogP) is 3.58. The molecule has 1 unspecified atom stereocenters. The molecule has 110 valence electrons. The number of hydrogen-bond acceptors (Lipinski definition) is 3. The molecule has 0 spiro atoms. The Morgan fingerprint density at radius 3 is 2.76 bits per heavy atom. The van der Waals surface area contributed by atoms with Crippen molar-refractivity contribution in [1.82, 2.24) is 9.88 Å². The highest BCUT2D eigenvalue weighted by Crippen LogP contribution is 2.25. The molecule has 0 aliphatic carbocycles. The Morgan fingerprint density at radius 1 is 1.33 bits per heavy atom. The second-order valence-corrected chi connectivity index (χ2v) is 5.14. The van der Waals surface area contributed by atoms with Gasteiger partial charge < -0.3 is 9.64 Å². The van der Waals surface area contributed by atoms with Crippen LogP contribution in [0, 0.1) is 0 Å². The highest BCUT2D eigenvalue weighted by atomic mass is 35.5. The summed E-state index contributed by atoms with van der Waals surface area (Å²) in [5.74, 6) is 0.181. The minimum atomic E-state index is -0.146. The first kappa shape index (κ1) is 15.3. The standard InChI is InChI=1S/C16H17ClN2O2/c1-11(12-6-4-7-13(17)10-12)19(2)16(20)14-8-5-9-18-15(14)21-3/h4-11H,1-3H3. The lowest BCUT2D eigenvalue weighted by molar-refractivity contribution is 0.0738. The number of hydrogen-bond donors (Lipinski definition) is 0. The van der Waals surface area contributed by atoms with E-state index in [4.69, 9.17) is 16.3 Å². The summed E-state index contributed by atoms with van der Waals surface area (Å²) in [6, 6.07) is 10.8. The van der Waals surface area contributed by atoms with Gasteiger partial charge in [-0.3, -0.25) is 4.79 Å². The SMILES string of the molecule is COc1ncccc1C(=O)N(C)C(C)c1cccc(Cl)c1. The monoisotopic (exact) mass is 304 g/mol. The number of ether oxygens (including phenoxy) is 1. The lowest BCUT2D eigenvalue weighted by Gasteiger charge is -2.26. The molecule has 1 heterocycles. The van der Waals surface area contributed by atoms with E-state index in [9.17, 15) is 4.79 Å². The van der Waals surface area contributed by atoms with Gasteiger partial charge in [-0.2, -0.15) is 0 Å². The number of halogens is 1. The molecule has 0 saturated heterocycles. The van der Waals surface area contributed by atoms with Crippen molar-refractivity contribution in [3.63, 3.8) is 0 Å². The number of benzene rings is 1. The van der Waals surface area contributed by atoms with E-state index in [1.807, 2.05) is 31.2 Å². The minimum Gasteiger partial charge on any atom is -0.480 e. The first-order chi connectivity index (χ1) is 10.0. The van der Waals surface area contributed by atoms with E-state index in [-0.39, 0.29) is 11.9 Å². The number of aromatic nitrogens is 1. The molecule has 1 aromatic heterocycles. The topological polar surface area (TPSA) is 42.4 Å². The van der Waals surface area contributed by atoms with Crippen molar-refractivity contribution in [2.75, 3.05) is 14.2 Å². The Balaban J connectivity index is 2.26. The van der Waals surface area contributed by atoms with Crippen molar-refractivity contribution in [3.8, 4) is 5.88 Å².